The molecule has 1 N–H and O–H groups in total. The number of aromatic nitrogens is 2. The molecule has 0 radical (unpaired) electrons. The van der Waals surface area contributed by atoms with Gasteiger partial charge in [0, 0.05) is 17.6 Å². The van der Waals surface area contributed by atoms with Crippen LogP contribution in [0.2, 0.25) is 0 Å². The Kier molecular flexibility index (Phi) is 4.06. The average Bonchev–Trinajstić information content (AvgIpc) is 3.13. The molecular weight excluding hydrogens is 312 g/mol. The second-order valence-electron chi connectivity index (χ2n) is 6.42. The lowest BCUT2D eigenvalue weighted by molar-refractivity contribution is -0.117. The van der Waals surface area contributed by atoms with E-state index in [-0.39, 0.29) is 11.9 Å². The molecule has 5 heteroatoms. The fraction of sp³-hybridized carbons (Fsp3) is 0.250. The number of carbonyl (C=O) groups excluding carboxylic acids is 1. The summed E-state index contributed by atoms with van der Waals surface area (Å²) in [5.74, 6) is 0.858. The lowest BCUT2D eigenvalue weighted by Gasteiger charge is -2.25. The summed E-state index contributed by atoms with van der Waals surface area (Å²) in [7, 11) is 0. The smallest absolute Gasteiger partial charge is 0.247 e. The summed E-state index contributed by atoms with van der Waals surface area (Å²) in [5.41, 5.74) is 2.90. The third-order valence-electron chi connectivity index (χ3n) is 4.67. The molecule has 3 aromatic rings. The van der Waals surface area contributed by atoms with Crippen LogP contribution in [0.1, 0.15) is 18.4 Å². The predicted octanol–water partition coefficient (Wildman–Crippen LogP) is 3.55. The van der Waals surface area contributed by atoms with Crippen LogP contribution < -0.4 is 10.2 Å². The van der Waals surface area contributed by atoms with Crippen molar-refractivity contribution in [3.8, 4) is 0 Å². The van der Waals surface area contributed by atoms with Crippen LogP contribution in [-0.2, 0) is 4.79 Å². The molecule has 1 atom stereocenters. The Labute approximate surface area is 146 Å². The molecule has 2 aromatic carbocycles. The van der Waals surface area contributed by atoms with E-state index in [1.807, 2.05) is 55.5 Å². The van der Waals surface area contributed by atoms with Gasteiger partial charge in [0.25, 0.3) is 0 Å². The van der Waals surface area contributed by atoms with Crippen molar-refractivity contribution in [3.63, 3.8) is 0 Å². The maximum absolute atomic E-state index is 12.8. The second-order valence-corrected chi connectivity index (χ2v) is 6.42. The molecule has 1 aromatic heterocycles. The number of rotatable bonds is 3. The van der Waals surface area contributed by atoms with Crippen LogP contribution in [0.5, 0.6) is 0 Å². The Morgan fingerprint density at radius 2 is 1.92 bits per heavy atom. The number of fused-ring (bicyclic) bond motifs is 1. The topological polar surface area (TPSA) is 58.1 Å². The van der Waals surface area contributed by atoms with Crippen molar-refractivity contribution in [3.05, 3.63) is 60.4 Å². The van der Waals surface area contributed by atoms with E-state index in [4.69, 9.17) is 0 Å². The third kappa shape index (κ3) is 3.05. The number of para-hydroxylation sites is 1. The zero-order valence-corrected chi connectivity index (χ0v) is 14.1. The molecule has 0 saturated carbocycles. The first-order chi connectivity index (χ1) is 12.2. The van der Waals surface area contributed by atoms with Gasteiger partial charge in [0.1, 0.15) is 18.2 Å². The van der Waals surface area contributed by atoms with Crippen molar-refractivity contribution in [1.29, 1.82) is 0 Å². The van der Waals surface area contributed by atoms with E-state index in [2.05, 4.69) is 20.2 Å². The van der Waals surface area contributed by atoms with E-state index >= 15 is 0 Å². The Hall–Kier alpha value is -2.95. The Morgan fingerprint density at radius 3 is 2.76 bits per heavy atom. The van der Waals surface area contributed by atoms with E-state index < -0.39 is 0 Å². The van der Waals surface area contributed by atoms with Gasteiger partial charge in [-0.05, 0) is 44.0 Å². The quantitative estimate of drug-likeness (QED) is 0.797. The monoisotopic (exact) mass is 332 g/mol. The molecule has 1 saturated heterocycles. The minimum absolute atomic E-state index is 0.0176. The maximum Gasteiger partial charge on any atom is 0.247 e. The van der Waals surface area contributed by atoms with Gasteiger partial charge in [0.05, 0.1) is 5.52 Å². The van der Waals surface area contributed by atoms with Gasteiger partial charge in [-0.3, -0.25) is 4.79 Å². The van der Waals surface area contributed by atoms with Crippen LogP contribution >= 0.6 is 0 Å². The highest BCUT2D eigenvalue weighted by molar-refractivity contribution is 5.99. The van der Waals surface area contributed by atoms with Gasteiger partial charge in [0.2, 0.25) is 5.91 Å². The van der Waals surface area contributed by atoms with Gasteiger partial charge in [-0.2, -0.15) is 0 Å². The third-order valence-corrected chi connectivity index (χ3v) is 4.67. The zero-order chi connectivity index (χ0) is 17.2. The number of amides is 1. The van der Waals surface area contributed by atoms with Crippen LogP contribution in [-0.4, -0.2) is 28.5 Å². The molecular formula is C20H20N4O. The molecule has 1 aliphatic heterocycles. The summed E-state index contributed by atoms with van der Waals surface area (Å²) >= 11 is 0. The molecule has 0 bridgehead atoms. The molecule has 4 rings (SSSR count). The highest BCUT2D eigenvalue weighted by Gasteiger charge is 2.32. The SMILES string of the molecule is Cc1ccc(NC(=O)C2CCCN2c2ncnc3ccccc23)cc1. The van der Waals surface area contributed by atoms with Crippen LogP contribution in [0, 0.1) is 6.92 Å². The summed E-state index contributed by atoms with van der Waals surface area (Å²) in [5, 5.41) is 4.02. The van der Waals surface area contributed by atoms with Gasteiger partial charge in [-0.25, -0.2) is 9.97 Å². The number of carbonyl (C=O) groups is 1. The predicted molar refractivity (Wildman–Crippen MR) is 99.7 cm³/mol. The van der Waals surface area contributed by atoms with Gasteiger partial charge in [0.15, 0.2) is 0 Å². The number of hydrogen-bond acceptors (Lipinski definition) is 4. The summed E-state index contributed by atoms with van der Waals surface area (Å²) in [6.45, 7) is 2.86. The molecule has 2 heterocycles. The molecule has 1 unspecified atom stereocenters. The average molecular weight is 332 g/mol. The van der Waals surface area contributed by atoms with E-state index in [0.29, 0.717) is 0 Å². The molecule has 1 aliphatic rings. The minimum Gasteiger partial charge on any atom is -0.344 e. The molecule has 0 aliphatic carbocycles. The molecule has 25 heavy (non-hydrogen) atoms. The van der Waals surface area contributed by atoms with Crippen LogP contribution in [0.3, 0.4) is 0 Å². The van der Waals surface area contributed by atoms with E-state index in [1.165, 1.54) is 5.56 Å². The fourth-order valence-electron chi connectivity index (χ4n) is 3.37. The highest BCUT2D eigenvalue weighted by atomic mass is 16.2. The van der Waals surface area contributed by atoms with Gasteiger partial charge in [-0.1, -0.05) is 29.8 Å². The molecule has 0 spiro atoms. The van der Waals surface area contributed by atoms with Crippen LogP contribution in [0.15, 0.2) is 54.9 Å². The van der Waals surface area contributed by atoms with Crippen molar-refractivity contribution in [2.75, 3.05) is 16.8 Å². The molecule has 1 amide bonds. The van der Waals surface area contributed by atoms with E-state index in [1.54, 1.807) is 6.33 Å². The van der Waals surface area contributed by atoms with Crippen molar-refractivity contribution < 1.29 is 4.79 Å². The maximum atomic E-state index is 12.8. The Morgan fingerprint density at radius 1 is 1.12 bits per heavy atom. The zero-order valence-electron chi connectivity index (χ0n) is 14.1. The van der Waals surface area contributed by atoms with Crippen LogP contribution in [0.25, 0.3) is 10.9 Å². The molecule has 1 fully saturated rings. The highest BCUT2D eigenvalue weighted by Crippen LogP contribution is 2.30. The number of nitrogens with one attached hydrogen (secondary N) is 1. The lowest BCUT2D eigenvalue weighted by Crippen LogP contribution is -2.40. The number of hydrogen-bond donors (Lipinski definition) is 1. The van der Waals surface area contributed by atoms with Gasteiger partial charge >= 0.3 is 0 Å². The first kappa shape index (κ1) is 15.6. The second kappa shape index (κ2) is 6.51. The summed E-state index contributed by atoms with van der Waals surface area (Å²) in [6.07, 6.45) is 3.38. The Balaban J connectivity index is 1.61. The minimum atomic E-state index is -0.209. The first-order valence-corrected chi connectivity index (χ1v) is 8.56. The number of aryl methyl sites for hydroxylation is 1. The molecule has 5 nitrogen and oxygen atoms in total. The largest absolute Gasteiger partial charge is 0.344 e. The van der Waals surface area contributed by atoms with Crippen LogP contribution in [0.4, 0.5) is 11.5 Å². The van der Waals surface area contributed by atoms with E-state index in [9.17, 15) is 4.79 Å². The summed E-state index contributed by atoms with van der Waals surface area (Å²) in [4.78, 5) is 23.7. The summed E-state index contributed by atoms with van der Waals surface area (Å²) in [6, 6.07) is 15.6. The lowest BCUT2D eigenvalue weighted by atomic mass is 10.1. The number of anilines is 2. The normalized spacial score (nSPS) is 17.0. The Bertz CT molecular complexity index is 902. The first-order valence-electron chi connectivity index (χ1n) is 8.56. The van der Waals surface area contributed by atoms with Crippen molar-refractivity contribution in [1.82, 2.24) is 9.97 Å². The molecule has 126 valence electrons. The standard InChI is InChI=1S/C20H20N4O/c1-14-8-10-15(11-9-14)23-20(25)18-7-4-12-24(18)19-16-5-2-3-6-17(16)21-13-22-19/h2-3,5-6,8-11,13,18H,4,7,12H2,1H3,(H,23,25). The number of benzene rings is 2. The van der Waals surface area contributed by atoms with E-state index in [0.717, 1.165) is 41.8 Å². The number of nitrogens with zero attached hydrogens (tertiary/aromatic N) is 3. The van der Waals surface area contributed by atoms with Gasteiger partial charge < -0.3 is 10.2 Å². The fourth-order valence-corrected chi connectivity index (χ4v) is 3.37. The summed E-state index contributed by atoms with van der Waals surface area (Å²) < 4.78 is 0. The van der Waals surface area contributed by atoms with Crippen molar-refractivity contribution >= 4 is 28.3 Å². The van der Waals surface area contributed by atoms with Crippen molar-refractivity contribution in [2.24, 2.45) is 0 Å². The van der Waals surface area contributed by atoms with Gasteiger partial charge in [-0.15, -0.1) is 0 Å². The van der Waals surface area contributed by atoms with Crippen molar-refractivity contribution in [2.45, 2.75) is 25.8 Å².